The largest absolute Gasteiger partial charge is 0.493 e. The maximum atomic E-state index is 12.5. The molecule has 0 unspecified atom stereocenters. The van der Waals surface area contributed by atoms with Crippen LogP contribution in [0.2, 0.25) is 0 Å². The van der Waals surface area contributed by atoms with Gasteiger partial charge in [-0.15, -0.1) is 0 Å². The van der Waals surface area contributed by atoms with Crippen LogP contribution in [-0.4, -0.2) is 20.1 Å². The van der Waals surface area contributed by atoms with E-state index in [0.717, 1.165) is 11.3 Å². The second-order valence-electron chi connectivity index (χ2n) is 6.15. The lowest BCUT2D eigenvalue weighted by Crippen LogP contribution is -2.16. The van der Waals surface area contributed by atoms with Gasteiger partial charge in [0, 0.05) is 17.7 Å². The number of carbonyl (C=O) groups is 1. The van der Waals surface area contributed by atoms with Gasteiger partial charge in [0.05, 0.1) is 14.2 Å². The number of ether oxygens (including phenoxy) is 2. The first-order chi connectivity index (χ1) is 10.2. The van der Waals surface area contributed by atoms with Crippen LogP contribution in [0, 0.1) is 24.7 Å². The molecule has 1 N–H and O–H groups in total. The van der Waals surface area contributed by atoms with Gasteiger partial charge < -0.3 is 14.8 Å². The van der Waals surface area contributed by atoms with Gasteiger partial charge in [0.1, 0.15) is 0 Å². The average molecular weight is 289 g/mol. The summed E-state index contributed by atoms with van der Waals surface area (Å²) < 4.78 is 10.6. The van der Waals surface area contributed by atoms with E-state index in [1.54, 1.807) is 14.2 Å². The van der Waals surface area contributed by atoms with E-state index in [9.17, 15) is 4.79 Å². The third kappa shape index (κ3) is 2.59. The molecule has 2 atom stereocenters. The van der Waals surface area contributed by atoms with Crippen molar-refractivity contribution < 1.29 is 14.3 Å². The summed E-state index contributed by atoms with van der Waals surface area (Å²) in [6.45, 7) is 1.97. The van der Waals surface area contributed by atoms with Crippen LogP contribution >= 0.6 is 0 Å². The molecular weight excluding hydrogens is 266 g/mol. The third-order valence-corrected chi connectivity index (χ3v) is 4.95. The van der Waals surface area contributed by atoms with Crippen molar-refractivity contribution in [3.8, 4) is 11.5 Å². The first-order valence-electron chi connectivity index (χ1n) is 7.69. The molecule has 0 heterocycles. The Labute approximate surface area is 125 Å². The molecule has 21 heavy (non-hydrogen) atoms. The van der Waals surface area contributed by atoms with Crippen LogP contribution in [0.15, 0.2) is 12.1 Å². The van der Waals surface area contributed by atoms with Crippen LogP contribution in [0.3, 0.4) is 0 Å². The van der Waals surface area contributed by atoms with Crippen molar-refractivity contribution in [2.75, 3.05) is 19.5 Å². The summed E-state index contributed by atoms with van der Waals surface area (Å²) in [5, 5.41) is 3.08. The zero-order chi connectivity index (χ0) is 15.0. The maximum absolute atomic E-state index is 12.5. The summed E-state index contributed by atoms with van der Waals surface area (Å²) in [6, 6.07) is 3.74. The SMILES string of the molecule is COc1cc(C)c(NC(=O)C2[C@@H]3CCCC[C@@H]23)cc1OC. The molecule has 4 heteroatoms. The van der Waals surface area contributed by atoms with E-state index in [2.05, 4.69) is 5.32 Å². The summed E-state index contributed by atoms with van der Waals surface area (Å²) in [4.78, 5) is 12.5. The number of methoxy groups -OCH3 is 2. The Balaban J connectivity index is 1.74. The van der Waals surface area contributed by atoms with Crippen LogP contribution in [0.25, 0.3) is 0 Å². The molecule has 0 spiro atoms. The Morgan fingerprint density at radius 3 is 2.24 bits per heavy atom. The topological polar surface area (TPSA) is 47.6 Å². The molecular formula is C17H23NO3. The molecule has 0 aliphatic heterocycles. The first-order valence-corrected chi connectivity index (χ1v) is 7.69. The van der Waals surface area contributed by atoms with E-state index in [4.69, 9.17) is 9.47 Å². The van der Waals surface area contributed by atoms with Crippen molar-refractivity contribution in [3.05, 3.63) is 17.7 Å². The molecule has 0 bridgehead atoms. The first kappa shape index (κ1) is 14.2. The van der Waals surface area contributed by atoms with E-state index >= 15 is 0 Å². The van der Waals surface area contributed by atoms with Crippen molar-refractivity contribution in [1.82, 2.24) is 0 Å². The number of carbonyl (C=O) groups excluding carboxylic acids is 1. The Morgan fingerprint density at radius 1 is 1.10 bits per heavy atom. The van der Waals surface area contributed by atoms with E-state index in [1.165, 1.54) is 25.7 Å². The lowest BCUT2D eigenvalue weighted by Gasteiger charge is -2.13. The zero-order valence-corrected chi connectivity index (χ0v) is 12.9. The van der Waals surface area contributed by atoms with E-state index in [1.807, 2.05) is 19.1 Å². The summed E-state index contributed by atoms with van der Waals surface area (Å²) in [5.74, 6) is 2.97. The molecule has 0 radical (unpaired) electrons. The highest BCUT2D eigenvalue weighted by molar-refractivity contribution is 5.95. The second-order valence-corrected chi connectivity index (χ2v) is 6.15. The normalized spacial score (nSPS) is 26.7. The smallest absolute Gasteiger partial charge is 0.228 e. The van der Waals surface area contributed by atoms with Crippen LogP contribution in [0.5, 0.6) is 11.5 Å². The molecule has 0 saturated heterocycles. The molecule has 0 aromatic heterocycles. The second kappa shape index (κ2) is 5.58. The minimum Gasteiger partial charge on any atom is -0.493 e. The third-order valence-electron chi connectivity index (χ3n) is 4.95. The minimum absolute atomic E-state index is 0.169. The minimum atomic E-state index is 0.169. The van der Waals surface area contributed by atoms with Crippen molar-refractivity contribution in [2.24, 2.45) is 17.8 Å². The number of fused-ring (bicyclic) bond motifs is 1. The van der Waals surface area contributed by atoms with Gasteiger partial charge in [-0.2, -0.15) is 0 Å². The van der Waals surface area contributed by atoms with Crippen molar-refractivity contribution in [2.45, 2.75) is 32.6 Å². The van der Waals surface area contributed by atoms with Gasteiger partial charge in [-0.3, -0.25) is 4.79 Å². The van der Waals surface area contributed by atoms with Crippen LogP contribution in [0.1, 0.15) is 31.2 Å². The highest BCUT2D eigenvalue weighted by atomic mass is 16.5. The summed E-state index contributed by atoms with van der Waals surface area (Å²) in [6.07, 6.45) is 4.99. The van der Waals surface area contributed by atoms with E-state index in [-0.39, 0.29) is 11.8 Å². The van der Waals surface area contributed by atoms with E-state index < -0.39 is 0 Å². The number of aryl methyl sites for hydroxylation is 1. The van der Waals surface area contributed by atoms with Gasteiger partial charge in [-0.1, -0.05) is 12.8 Å². The molecule has 4 nitrogen and oxygen atoms in total. The fraction of sp³-hybridized carbons (Fsp3) is 0.588. The quantitative estimate of drug-likeness (QED) is 0.924. The Kier molecular flexibility index (Phi) is 3.79. The molecule has 2 saturated carbocycles. The van der Waals surface area contributed by atoms with Crippen molar-refractivity contribution in [3.63, 3.8) is 0 Å². The number of hydrogen-bond acceptors (Lipinski definition) is 3. The van der Waals surface area contributed by atoms with Gasteiger partial charge in [-0.05, 0) is 43.2 Å². The average Bonchev–Trinajstić information content (AvgIpc) is 3.23. The lowest BCUT2D eigenvalue weighted by atomic mass is 10.0. The fourth-order valence-electron chi connectivity index (χ4n) is 3.71. The Bertz CT molecular complexity index is 543. The van der Waals surface area contributed by atoms with Crippen molar-refractivity contribution >= 4 is 11.6 Å². The van der Waals surface area contributed by atoms with Gasteiger partial charge >= 0.3 is 0 Å². The summed E-state index contributed by atoms with van der Waals surface area (Å²) >= 11 is 0. The summed E-state index contributed by atoms with van der Waals surface area (Å²) in [7, 11) is 3.22. The lowest BCUT2D eigenvalue weighted by molar-refractivity contribution is -0.117. The molecule has 1 aromatic rings. The molecule has 1 amide bonds. The molecule has 114 valence electrons. The summed E-state index contributed by atoms with van der Waals surface area (Å²) in [5.41, 5.74) is 1.81. The van der Waals surface area contributed by atoms with Crippen LogP contribution in [-0.2, 0) is 4.79 Å². The number of amides is 1. The number of benzene rings is 1. The molecule has 1 aromatic carbocycles. The predicted octanol–water partition coefficient (Wildman–Crippen LogP) is 3.39. The number of nitrogens with one attached hydrogen (secondary N) is 1. The Hall–Kier alpha value is -1.71. The predicted molar refractivity (Wildman–Crippen MR) is 81.9 cm³/mol. The number of anilines is 1. The maximum Gasteiger partial charge on any atom is 0.228 e. The fourth-order valence-corrected chi connectivity index (χ4v) is 3.71. The monoisotopic (exact) mass is 289 g/mol. The number of hydrogen-bond donors (Lipinski definition) is 1. The molecule has 2 fully saturated rings. The molecule has 2 aliphatic carbocycles. The van der Waals surface area contributed by atoms with Gasteiger partial charge in [0.15, 0.2) is 11.5 Å². The van der Waals surface area contributed by atoms with E-state index in [0.29, 0.717) is 23.3 Å². The van der Waals surface area contributed by atoms with Crippen molar-refractivity contribution in [1.29, 1.82) is 0 Å². The van der Waals surface area contributed by atoms with Gasteiger partial charge in [0.2, 0.25) is 5.91 Å². The highest BCUT2D eigenvalue weighted by Crippen LogP contribution is 2.55. The van der Waals surface area contributed by atoms with Gasteiger partial charge in [0.25, 0.3) is 0 Å². The standard InChI is InChI=1S/C17H23NO3/c1-10-8-14(20-2)15(21-3)9-13(10)18-17(19)16-11-6-4-5-7-12(11)16/h8-9,11-12,16H,4-7H2,1-3H3,(H,18,19)/t11-,12-/m1/s1. The Morgan fingerprint density at radius 2 is 1.67 bits per heavy atom. The van der Waals surface area contributed by atoms with Gasteiger partial charge in [-0.25, -0.2) is 0 Å². The van der Waals surface area contributed by atoms with Crippen LogP contribution < -0.4 is 14.8 Å². The molecule has 2 aliphatic rings. The highest BCUT2D eigenvalue weighted by Gasteiger charge is 2.54. The molecule has 3 rings (SSSR count). The van der Waals surface area contributed by atoms with Crippen LogP contribution in [0.4, 0.5) is 5.69 Å². The number of rotatable bonds is 4. The zero-order valence-electron chi connectivity index (χ0n) is 12.9.